The van der Waals surface area contributed by atoms with Gasteiger partial charge < -0.3 is 40.8 Å². The number of amides is 5. The van der Waals surface area contributed by atoms with Crippen molar-refractivity contribution in [2.24, 2.45) is 0 Å². The van der Waals surface area contributed by atoms with Crippen LogP contribution < -0.4 is 26.6 Å². The smallest absolute Gasteiger partial charge is 0.407 e. The van der Waals surface area contributed by atoms with Gasteiger partial charge in [-0.1, -0.05) is 140 Å². The van der Waals surface area contributed by atoms with Gasteiger partial charge in [-0.3, -0.25) is 14.4 Å². The van der Waals surface area contributed by atoms with Gasteiger partial charge in [0.25, 0.3) is 0 Å². The summed E-state index contributed by atoms with van der Waals surface area (Å²) in [5.41, 5.74) is 3.88. The molecule has 0 bridgehead atoms. The second-order valence-corrected chi connectivity index (χ2v) is 19.7. The summed E-state index contributed by atoms with van der Waals surface area (Å²) in [4.78, 5) is 81.9. The first-order valence-electron chi connectivity index (χ1n) is 24.2. The Balaban J connectivity index is 1.19. The Labute approximate surface area is 417 Å². The molecule has 1 aliphatic rings. The SMILES string of the molecule is C[C@H](NC(=O)[C@H](CCC(=O)NC(c1ccccc1)(c1ccccc1)c1ccccc1)NC(=O)OCC1c2ccccc2-c2ccccc21)C(=O)N[C@@H](CCCCNC(=O)OC(C)(C)C)C(=O)OC(C)(C)C. The van der Waals surface area contributed by atoms with Crippen LogP contribution in [0.4, 0.5) is 9.59 Å². The molecule has 0 fully saturated rings. The maximum Gasteiger partial charge on any atom is 0.407 e. The number of benzene rings is 5. The van der Waals surface area contributed by atoms with Crippen LogP contribution in [0.5, 0.6) is 0 Å². The van der Waals surface area contributed by atoms with E-state index in [9.17, 15) is 28.8 Å². The number of carbonyl (C=O) groups is 6. The fraction of sp³-hybridized carbons (Fsp3) is 0.368. The fourth-order valence-corrected chi connectivity index (χ4v) is 8.66. The molecule has 3 atom stereocenters. The molecule has 71 heavy (non-hydrogen) atoms. The molecule has 0 saturated heterocycles. The third kappa shape index (κ3) is 14.5. The maximum absolute atomic E-state index is 14.4. The van der Waals surface area contributed by atoms with Gasteiger partial charge in [0.15, 0.2) is 0 Å². The average Bonchev–Trinajstić information content (AvgIpc) is 3.66. The van der Waals surface area contributed by atoms with Gasteiger partial charge in [-0.05, 0) is 113 Å². The van der Waals surface area contributed by atoms with Crippen LogP contribution in [0.2, 0.25) is 0 Å². The van der Waals surface area contributed by atoms with Crippen LogP contribution in [-0.4, -0.2) is 78.4 Å². The molecule has 5 amide bonds. The molecule has 5 aromatic carbocycles. The Bertz CT molecular complexity index is 2470. The molecule has 0 aromatic heterocycles. The number of unbranched alkanes of at least 4 members (excludes halogenated alkanes) is 1. The highest BCUT2D eigenvalue weighted by atomic mass is 16.6. The Morgan fingerprint density at radius 1 is 0.535 bits per heavy atom. The van der Waals surface area contributed by atoms with Gasteiger partial charge in [0.05, 0.1) is 0 Å². The Kier molecular flexibility index (Phi) is 17.8. The highest BCUT2D eigenvalue weighted by Gasteiger charge is 2.39. The van der Waals surface area contributed by atoms with Crippen LogP contribution in [0.1, 0.15) is 114 Å². The summed E-state index contributed by atoms with van der Waals surface area (Å²) in [5, 5.41) is 14.1. The minimum absolute atomic E-state index is 0.0235. The van der Waals surface area contributed by atoms with E-state index in [1.54, 1.807) is 41.5 Å². The number of carbonyl (C=O) groups excluding carboxylic acids is 6. The van der Waals surface area contributed by atoms with Crippen molar-refractivity contribution in [1.29, 1.82) is 0 Å². The number of nitrogens with one attached hydrogen (secondary N) is 5. The van der Waals surface area contributed by atoms with Crippen molar-refractivity contribution in [3.8, 4) is 11.1 Å². The van der Waals surface area contributed by atoms with Crippen LogP contribution in [0.25, 0.3) is 11.1 Å². The van der Waals surface area contributed by atoms with E-state index in [-0.39, 0.29) is 38.3 Å². The molecule has 0 spiro atoms. The minimum Gasteiger partial charge on any atom is -0.458 e. The number of rotatable bonds is 20. The molecular weight excluding hydrogens is 899 g/mol. The van der Waals surface area contributed by atoms with Crippen molar-refractivity contribution in [3.05, 3.63) is 167 Å². The number of hydrogen-bond donors (Lipinski definition) is 5. The molecule has 14 heteroatoms. The van der Waals surface area contributed by atoms with Gasteiger partial charge in [-0.15, -0.1) is 0 Å². The zero-order valence-corrected chi connectivity index (χ0v) is 41.7. The Hall–Kier alpha value is -7.48. The zero-order valence-electron chi connectivity index (χ0n) is 41.7. The van der Waals surface area contributed by atoms with Gasteiger partial charge in [-0.25, -0.2) is 14.4 Å². The molecule has 0 aliphatic heterocycles. The lowest BCUT2D eigenvalue weighted by atomic mass is 9.77. The van der Waals surface area contributed by atoms with E-state index in [0.29, 0.717) is 12.8 Å². The van der Waals surface area contributed by atoms with Gasteiger partial charge in [-0.2, -0.15) is 0 Å². The number of fused-ring (bicyclic) bond motifs is 3. The normalized spacial score (nSPS) is 13.5. The predicted octanol–water partition coefficient (Wildman–Crippen LogP) is 8.81. The lowest BCUT2D eigenvalue weighted by molar-refractivity contribution is -0.159. The maximum atomic E-state index is 14.4. The van der Waals surface area contributed by atoms with E-state index in [0.717, 1.165) is 38.9 Å². The topological polar surface area (TPSA) is 190 Å². The molecule has 0 unspecified atom stereocenters. The highest BCUT2D eigenvalue weighted by molar-refractivity contribution is 5.93. The van der Waals surface area contributed by atoms with Gasteiger partial charge in [0.1, 0.15) is 41.5 Å². The summed E-state index contributed by atoms with van der Waals surface area (Å²) in [7, 11) is 0. The van der Waals surface area contributed by atoms with Crippen molar-refractivity contribution < 1.29 is 43.0 Å². The van der Waals surface area contributed by atoms with E-state index in [2.05, 4.69) is 26.6 Å². The highest BCUT2D eigenvalue weighted by Crippen LogP contribution is 2.44. The predicted molar refractivity (Wildman–Crippen MR) is 272 cm³/mol. The lowest BCUT2D eigenvalue weighted by Gasteiger charge is -2.37. The van der Waals surface area contributed by atoms with Crippen LogP contribution in [-0.2, 0) is 38.9 Å². The second-order valence-electron chi connectivity index (χ2n) is 19.7. The average molecular weight is 966 g/mol. The van der Waals surface area contributed by atoms with Crippen molar-refractivity contribution >= 4 is 35.9 Å². The molecule has 14 nitrogen and oxygen atoms in total. The zero-order chi connectivity index (χ0) is 51.2. The molecule has 6 rings (SSSR count). The van der Waals surface area contributed by atoms with E-state index < -0.39 is 70.7 Å². The third-order valence-corrected chi connectivity index (χ3v) is 11.9. The van der Waals surface area contributed by atoms with E-state index in [1.165, 1.54) is 6.92 Å². The molecule has 0 heterocycles. The van der Waals surface area contributed by atoms with E-state index in [1.807, 2.05) is 140 Å². The standard InChI is InChI=1S/C57H67N5O9/c1-38(50(64)60-48(52(66)70-55(2,3)4)33-21-22-36-58-53(67)71-56(5,6)7)59-51(65)47(61-54(68)69-37-46-44-31-19-17-29-42(44)43-30-18-20-32-45(43)46)34-35-49(63)62-57(39-23-11-8-12-24-39,40-25-13-9-14-26-40)41-27-15-10-16-28-41/h8-20,23-32,38,46-48H,21-22,33-37H2,1-7H3,(H,58,67)(H,59,65)(H,60,64)(H,61,68)(H,62,63)/t38-,47-,48-/m0/s1. The molecule has 5 N–H and O–H groups in total. The molecule has 1 aliphatic carbocycles. The Morgan fingerprint density at radius 3 is 1.54 bits per heavy atom. The van der Waals surface area contributed by atoms with Crippen LogP contribution in [0.3, 0.4) is 0 Å². The van der Waals surface area contributed by atoms with Crippen molar-refractivity contribution in [1.82, 2.24) is 26.6 Å². The number of hydrogen-bond acceptors (Lipinski definition) is 9. The van der Waals surface area contributed by atoms with Crippen LogP contribution >= 0.6 is 0 Å². The third-order valence-electron chi connectivity index (χ3n) is 11.9. The molecule has 374 valence electrons. The molecule has 0 saturated carbocycles. The molecular formula is C57H67N5O9. The second kappa shape index (κ2) is 23.9. The first-order chi connectivity index (χ1) is 33.8. The van der Waals surface area contributed by atoms with Gasteiger partial charge in [0.2, 0.25) is 17.7 Å². The lowest BCUT2D eigenvalue weighted by Crippen LogP contribution is -2.55. The van der Waals surface area contributed by atoms with E-state index >= 15 is 0 Å². The number of esters is 1. The quantitative estimate of drug-likeness (QED) is 0.0220. The summed E-state index contributed by atoms with van der Waals surface area (Å²) in [6.07, 6.45) is -0.777. The molecule has 0 radical (unpaired) electrons. The largest absolute Gasteiger partial charge is 0.458 e. The number of ether oxygens (including phenoxy) is 3. The van der Waals surface area contributed by atoms with Crippen molar-refractivity contribution in [2.75, 3.05) is 13.2 Å². The molecule has 5 aromatic rings. The van der Waals surface area contributed by atoms with Crippen LogP contribution in [0.15, 0.2) is 140 Å². The summed E-state index contributed by atoms with van der Waals surface area (Å²) < 4.78 is 16.8. The van der Waals surface area contributed by atoms with Crippen molar-refractivity contribution in [2.45, 2.75) is 121 Å². The Morgan fingerprint density at radius 2 is 1.03 bits per heavy atom. The van der Waals surface area contributed by atoms with Gasteiger partial charge >= 0.3 is 18.2 Å². The minimum atomic E-state index is -1.34. The summed E-state index contributed by atoms with van der Waals surface area (Å²) in [5.74, 6) is -2.77. The first kappa shape index (κ1) is 52.9. The van der Waals surface area contributed by atoms with E-state index in [4.69, 9.17) is 14.2 Å². The van der Waals surface area contributed by atoms with Gasteiger partial charge in [0, 0.05) is 18.9 Å². The first-order valence-corrected chi connectivity index (χ1v) is 24.2. The summed E-state index contributed by atoms with van der Waals surface area (Å²) in [6.45, 7) is 12.1. The van der Waals surface area contributed by atoms with Crippen LogP contribution in [0, 0.1) is 0 Å². The fourth-order valence-electron chi connectivity index (χ4n) is 8.66. The number of alkyl carbamates (subject to hydrolysis) is 2. The summed E-state index contributed by atoms with van der Waals surface area (Å²) in [6, 6.07) is 41.0. The summed E-state index contributed by atoms with van der Waals surface area (Å²) >= 11 is 0. The van der Waals surface area contributed by atoms with Crippen molar-refractivity contribution in [3.63, 3.8) is 0 Å². The monoisotopic (exact) mass is 965 g/mol.